The van der Waals surface area contributed by atoms with Crippen LogP contribution in [0.4, 0.5) is 4.39 Å². The van der Waals surface area contributed by atoms with Crippen LogP contribution in [0.25, 0.3) is 0 Å². The molecule has 0 unspecified atom stereocenters. The number of aliphatic hydroxyl groups is 1. The van der Waals surface area contributed by atoms with E-state index in [2.05, 4.69) is 0 Å². The van der Waals surface area contributed by atoms with E-state index in [1.807, 2.05) is 0 Å². The molecule has 0 aromatic heterocycles. The Kier molecular flexibility index (Phi) is 4.58. The van der Waals surface area contributed by atoms with Gasteiger partial charge < -0.3 is 19.6 Å². The number of β-amino-alcohol motifs (C(OH)–C–C–N with tert-alkyl or cyclic N) is 1. The Morgan fingerprint density at radius 1 is 1.43 bits per heavy atom. The highest BCUT2D eigenvalue weighted by molar-refractivity contribution is 5.86. The van der Waals surface area contributed by atoms with E-state index in [-0.39, 0.29) is 43.4 Å². The maximum absolute atomic E-state index is 13.4. The number of carbonyl (C=O) groups is 2. The van der Waals surface area contributed by atoms with Gasteiger partial charge in [0.2, 0.25) is 11.8 Å². The molecule has 6 nitrogen and oxygen atoms in total. The second-order valence-corrected chi connectivity index (χ2v) is 5.87. The van der Waals surface area contributed by atoms with Crippen LogP contribution >= 0.6 is 0 Å². The summed E-state index contributed by atoms with van der Waals surface area (Å²) in [6.45, 7) is 0.934. The van der Waals surface area contributed by atoms with Crippen molar-refractivity contribution in [2.75, 3.05) is 32.8 Å². The van der Waals surface area contributed by atoms with E-state index in [9.17, 15) is 19.1 Å². The minimum atomic E-state index is -0.646. The van der Waals surface area contributed by atoms with Crippen molar-refractivity contribution in [1.29, 1.82) is 0 Å². The number of nitrogens with zero attached hydrogens (tertiary/aromatic N) is 2. The number of rotatable bonds is 3. The van der Waals surface area contributed by atoms with Crippen molar-refractivity contribution in [3.63, 3.8) is 0 Å². The van der Waals surface area contributed by atoms with Gasteiger partial charge in [-0.25, -0.2) is 4.39 Å². The predicted octanol–water partition coefficient (Wildman–Crippen LogP) is 0.319. The van der Waals surface area contributed by atoms with Gasteiger partial charge in [0.1, 0.15) is 12.4 Å². The number of hydrogen-bond donors (Lipinski definition) is 1. The van der Waals surface area contributed by atoms with E-state index in [1.165, 1.54) is 21.9 Å². The van der Waals surface area contributed by atoms with Gasteiger partial charge in [0.05, 0.1) is 25.3 Å². The van der Waals surface area contributed by atoms with Crippen LogP contribution in [0.1, 0.15) is 18.0 Å². The largest absolute Gasteiger partial charge is 0.391 e. The molecule has 0 bridgehead atoms. The van der Waals surface area contributed by atoms with E-state index in [0.29, 0.717) is 25.1 Å². The summed E-state index contributed by atoms with van der Waals surface area (Å²) >= 11 is 0. The molecule has 1 aromatic carbocycles. The van der Waals surface area contributed by atoms with Crippen molar-refractivity contribution in [2.24, 2.45) is 0 Å². The molecule has 2 aliphatic rings. The third-order valence-corrected chi connectivity index (χ3v) is 4.24. The molecule has 3 rings (SSSR count). The molecule has 2 amide bonds. The zero-order chi connectivity index (χ0) is 16.4. The van der Waals surface area contributed by atoms with E-state index < -0.39 is 6.10 Å². The van der Waals surface area contributed by atoms with Gasteiger partial charge in [-0.1, -0.05) is 12.1 Å². The van der Waals surface area contributed by atoms with Crippen molar-refractivity contribution < 1.29 is 23.8 Å². The van der Waals surface area contributed by atoms with E-state index in [1.54, 1.807) is 12.1 Å². The molecular weight excluding hydrogens is 303 g/mol. The number of benzene rings is 1. The average molecular weight is 322 g/mol. The number of hydrogen-bond acceptors (Lipinski definition) is 4. The normalized spacial score (nSPS) is 25.0. The van der Waals surface area contributed by atoms with Gasteiger partial charge in [-0.2, -0.15) is 0 Å². The molecule has 2 aliphatic heterocycles. The van der Waals surface area contributed by atoms with Crippen LogP contribution in [0.3, 0.4) is 0 Å². The fourth-order valence-electron chi connectivity index (χ4n) is 3.09. The van der Waals surface area contributed by atoms with Crippen LogP contribution in [0.2, 0.25) is 0 Å². The van der Waals surface area contributed by atoms with Crippen LogP contribution in [0, 0.1) is 5.82 Å². The quantitative estimate of drug-likeness (QED) is 0.870. The Hall–Kier alpha value is -1.99. The first-order valence-corrected chi connectivity index (χ1v) is 7.63. The smallest absolute Gasteiger partial charge is 0.249 e. The molecule has 2 saturated heterocycles. The van der Waals surface area contributed by atoms with Crippen molar-refractivity contribution in [3.8, 4) is 0 Å². The van der Waals surface area contributed by atoms with E-state index >= 15 is 0 Å². The Balaban J connectivity index is 1.73. The molecule has 0 saturated carbocycles. The number of morpholine rings is 1. The fraction of sp³-hybridized carbons (Fsp3) is 0.500. The summed E-state index contributed by atoms with van der Waals surface area (Å²) in [6, 6.07) is 5.68. The number of aliphatic hydroxyl groups excluding tert-OH is 1. The van der Waals surface area contributed by atoms with Crippen LogP contribution in [0.15, 0.2) is 24.3 Å². The first-order chi connectivity index (χ1) is 11.0. The van der Waals surface area contributed by atoms with Gasteiger partial charge >= 0.3 is 0 Å². The summed E-state index contributed by atoms with van der Waals surface area (Å²) in [6.07, 6.45) is -0.278. The summed E-state index contributed by atoms with van der Waals surface area (Å²) in [5, 5.41) is 9.92. The van der Waals surface area contributed by atoms with E-state index in [4.69, 9.17) is 4.74 Å². The highest BCUT2D eigenvalue weighted by Crippen LogP contribution is 2.32. The van der Waals surface area contributed by atoms with Crippen molar-refractivity contribution in [2.45, 2.75) is 18.6 Å². The van der Waals surface area contributed by atoms with Gasteiger partial charge in [0.25, 0.3) is 0 Å². The Labute approximate surface area is 133 Å². The first-order valence-electron chi connectivity index (χ1n) is 7.63. The molecule has 0 aliphatic carbocycles. The van der Waals surface area contributed by atoms with Crippen molar-refractivity contribution in [3.05, 3.63) is 35.6 Å². The zero-order valence-corrected chi connectivity index (χ0v) is 12.7. The van der Waals surface area contributed by atoms with Gasteiger partial charge in [0, 0.05) is 13.1 Å². The second kappa shape index (κ2) is 6.64. The van der Waals surface area contributed by atoms with Crippen LogP contribution < -0.4 is 0 Å². The standard InChI is InChI=1S/C16H19FN2O4/c17-12-3-1-2-11(6-12)14-7-13(20)8-19(14)15(21)9-18-4-5-23-10-16(18)22/h1-3,6,13-14,20H,4-5,7-10H2/t13-,14+/m1/s1. The highest BCUT2D eigenvalue weighted by Gasteiger charge is 2.36. The first kappa shape index (κ1) is 15.9. The monoisotopic (exact) mass is 322 g/mol. The van der Waals surface area contributed by atoms with Crippen LogP contribution in [-0.2, 0) is 14.3 Å². The molecule has 2 atom stereocenters. The summed E-state index contributed by atoms with van der Waals surface area (Å²) in [7, 11) is 0. The molecule has 7 heteroatoms. The van der Waals surface area contributed by atoms with Crippen LogP contribution in [0.5, 0.6) is 0 Å². The lowest BCUT2D eigenvalue weighted by atomic mass is 10.0. The minimum Gasteiger partial charge on any atom is -0.391 e. The molecule has 0 radical (unpaired) electrons. The molecule has 23 heavy (non-hydrogen) atoms. The van der Waals surface area contributed by atoms with Gasteiger partial charge in [0.15, 0.2) is 0 Å². The summed E-state index contributed by atoms with van der Waals surface area (Å²) in [5.74, 6) is -0.836. The second-order valence-electron chi connectivity index (χ2n) is 5.87. The molecule has 1 N–H and O–H groups in total. The Bertz CT molecular complexity index is 609. The summed E-state index contributed by atoms with van der Waals surface area (Å²) in [5.41, 5.74) is 0.656. The topological polar surface area (TPSA) is 70.1 Å². The summed E-state index contributed by atoms with van der Waals surface area (Å²) in [4.78, 5) is 27.3. The Morgan fingerprint density at radius 2 is 2.26 bits per heavy atom. The molecule has 1 aromatic rings. The maximum Gasteiger partial charge on any atom is 0.249 e. The molecule has 124 valence electrons. The van der Waals surface area contributed by atoms with Crippen molar-refractivity contribution in [1.82, 2.24) is 9.80 Å². The molecule has 0 spiro atoms. The maximum atomic E-state index is 13.4. The minimum absolute atomic E-state index is 0.0107. The molecule has 2 fully saturated rings. The SMILES string of the molecule is O=C1COCCN1CC(=O)N1C[C@H](O)C[C@H]1c1cccc(F)c1. The number of amides is 2. The average Bonchev–Trinajstić information content (AvgIpc) is 2.92. The van der Waals surface area contributed by atoms with Gasteiger partial charge in [-0.3, -0.25) is 9.59 Å². The van der Waals surface area contributed by atoms with Crippen LogP contribution in [-0.4, -0.2) is 65.7 Å². The van der Waals surface area contributed by atoms with Gasteiger partial charge in [-0.15, -0.1) is 0 Å². The Morgan fingerprint density at radius 3 is 3.00 bits per heavy atom. The number of halogens is 1. The number of ether oxygens (including phenoxy) is 1. The third-order valence-electron chi connectivity index (χ3n) is 4.24. The highest BCUT2D eigenvalue weighted by atomic mass is 19.1. The molecular formula is C16H19FN2O4. The zero-order valence-electron chi connectivity index (χ0n) is 12.7. The van der Waals surface area contributed by atoms with E-state index in [0.717, 1.165) is 0 Å². The third kappa shape index (κ3) is 3.51. The number of likely N-dealkylation sites (tertiary alicyclic amines) is 1. The lowest BCUT2D eigenvalue weighted by molar-refractivity contribution is -0.148. The lowest BCUT2D eigenvalue weighted by Gasteiger charge is -2.30. The van der Waals surface area contributed by atoms with Crippen molar-refractivity contribution >= 4 is 11.8 Å². The summed E-state index contributed by atoms with van der Waals surface area (Å²) < 4.78 is 18.5. The van der Waals surface area contributed by atoms with Gasteiger partial charge in [-0.05, 0) is 24.1 Å². The fourth-order valence-corrected chi connectivity index (χ4v) is 3.09. The predicted molar refractivity (Wildman–Crippen MR) is 78.9 cm³/mol. The lowest BCUT2D eigenvalue weighted by Crippen LogP contribution is -2.48. The molecule has 2 heterocycles. The number of carbonyl (C=O) groups excluding carboxylic acids is 2.